The van der Waals surface area contributed by atoms with Crippen LogP contribution >= 0.6 is 0 Å². The normalized spacial score (nSPS) is 31.5. The highest BCUT2D eigenvalue weighted by molar-refractivity contribution is 7.80. The molecule has 0 spiro atoms. The molecule has 6 heteroatoms. The maximum absolute atomic E-state index is 11.2. The van der Waals surface area contributed by atoms with E-state index in [9.17, 15) is 13.0 Å². The quantitative estimate of drug-likeness (QED) is 0.510. The molecule has 0 radical (unpaired) electrons. The van der Waals surface area contributed by atoms with Gasteiger partial charge in [-0.25, -0.2) is 4.55 Å². The SMILES string of the molecule is CC(C)[N+]1(S(=O)(=O)O)CCN(C)C1. The number of rotatable bonds is 2. The first-order valence-corrected chi connectivity index (χ1v) is 5.72. The number of likely N-dealkylation sites (N-methyl/N-ethyl adjacent to an activating group) is 1. The summed E-state index contributed by atoms with van der Waals surface area (Å²) in [4.78, 5) is 1.91. The van der Waals surface area contributed by atoms with Crippen molar-refractivity contribution in [1.29, 1.82) is 0 Å². The van der Waals surface area contributed by atoms with Crippen LogP contribution in [-0.2, 0) is 10.3 Å². The van der Waals surface area contributed by atoms with Crippen molar-refractivity contribution in [3.8, 4) is 0 Å². The Bertz CT molecular complexity index is 288. The van der Waals surface area contributed by atoms with Crippen LogP contribution in [0.2, 0.25) is 0 Å². The molecular weight excluding hydrogens is 192 g/mol. The van der Waals surface area contributed by atoms with Gasteiger partial charge in [-0.3, -0.25) is 4.90 Å². The number of nitrogens with zero attached hydrogens (tertiary/aromatic N) is 2. The maximum atomic E-state index is 11.2. The lowest BCUT2D eigenvalue weighted by Gasteiger charge is -2.32. The second kappa shape index (κ2) is 3.20. The Morgan fingerprint density at radius 3 is 2.15 bits per heavy atom. The lowest BCUT2D eigenvalue weighted by atomic mass is 10.3. The Balaban J connectivity index is 3.05. The van der Waals surface area contributed by atoms with Gasteiger partial charge in [0.1, 0.15) is 12.6 Å². The van der Waals surface area contributed by atoms with E-state index in [-0.39, 0.29) is 9.93 Å². The van der Waals surface area contributed by atoms with Crippen molar-refractivity contribution in [1.82, 2.24) is 4.90 Å². The predicted molar refractivity (Wildman–Crippen MR) is 49.3 cm³/mol. The van der Waals surface area contributed by atoms with E-state index in [2.05, 4.69) is 0 Å². The molecular formula is C7H17N2O3S+. The topological polar surface area (TPSA) is 57.6 Å². The van der Waals surface area contributed by atoms with Crippen LogP contribution in [0, 0.1) is 0 Å². The molecule has 0 amide bonds. The molecule has 1 unspecified atom stereocenters. The summed E-state index contributed by atoms with van der Waals surface area (Å²) in [7, 11) is -2.15. The van der Waals surface area contributed by atoms with E-state index < -0.39 is 10.3 Å². The van der Waals surface area contributed by atoms with E-state index in [1.165, 1.54) is 0 Å². The minimum absolute atomic E-state index is 0.111. The van der Waals surface area contributed by atoms with Crippen LogP contribution in [0.25, 0.3) is 0 Å². The van der Waals surface area contributed by atoms with Crippen molar-refractivity contribution >= 4 is 10.3 Å². The molecule has 1 aliphatic heterocycles. The van der Waals surface area contributed by atoms with E-state index >= 15 is 0 Å². The Morgan fingerprint density at radius 2 is 2.00 bits per heavy atom. The zero-order chi connectivity index (χ0) is 10.3. The molecule has 1 saturated heterocycles. The summed E-state index contributed by atoms with van der Waals surface area (Å²) in [6.07, 6.45) is 0. The summed E-state index contributed by atoms with van der Waals surface area (Å²) in [5, 5.41) is 0. The zero-order valence-corrected chi connectivity index (χ0v) is 9.08. The van der Waals surface area contributed by atoms with Gasteiger partial charge in [0, 0.05) is 0 Å². The van der Waals surface area contributed by atoms with Crippen LogP contribution in [0.5, 0.6) is 0 Å². The highest BCUT2D eigenvalue weighted by Crippen LogP contribution is 2.24. The molecule has 13 heavy (non-hydrogen) atoms. The minimum atomic E-state index is -4.00. The fourth-order valence-electron chi connectivity index (χ4n) is 1.77. The Labute approximate surface area is 79.4 Å². The predicted octanol–water partition coefficient (Wildman–Crippen LogP) is -0.0827. The lowest BCUT2D eigenvalue weighted by Crippen LogP contribution is -2.55. The van der Waals surface area contributed by atoms with E-state index in [1.54, 1.807) is 0 Å². The van der Waals surface area contributed by atoms with E-state index in [1.807, 2.05) is 25.8 Å². The molecule has 78 valence electrons. The van der Waals surface area contributed by atoms with Crippen LogP contribution < -0.4 is 0 Å². The third-order valence-corrected chi connectivity index (χ3v) is 4.38. The molecule has 0 bridgehead atoms. The third kappa shape index (κ3) is 1.71. The molecule has 0 aromatic heterocycles. The first-order valence-electron chi connectivity index (χ1n) is 4.32. The molecule has 0 aromatic carbocycles. The van der Waals surface area contributed by atoms with Gasteiger partial charge < -0.3 is 0 Å². The number of hydrogen-bond donors (Lipinski definition) is 1. The van der Waals surface area contributed by atoms with Gasteiger partial charge in [0.05, 0.1) is 6.54 Å². The summed E-state index contributed by atoms with van der Waals surface area (Å²) in [6.45, 7) is 5.17. The molecule has 1 aliphatic rings. The van der Waals surface area contributed by atoms with Crippen molar-refractivity contribution in [3.05, 3.63) is 0 Å². The Kier molecular flexibility index (Phi) is 2.68. The van der Waals surface area contributed by atoms with Gasteiger partial charge in [-0.2, -0.15) is 3.89 Å². The van der Waals surface area contributed by atoms with Gasteiger partial charge in [0.2, 0.25) is 0 Å². The molecule has 0 aliphatic carbocycles. The average molecular weight is 209 g/mol. The van der Waals surface area contributed by atoms with Gasteiger partial charge in [0.15, 0.2) is 6.67 Å². The molecule has 5 nitrogen and oxygen atoms in total. The van der Waals surface area contributed by atoms with Crippen LogP contribution in [0.15, 0.2) is 0 Å². The van der Waals surface area contributed by atoms with E-state index in [4.69, 9.17) is 0 Å². The third-order valence-electron chi connectivity index (χ3n) is 2.74. The van der Waals surface area contributed by atoms with Gasteiger partial charge in [0.25, 0.3) is 0 Å². The standard InChI is InChI=1S/C7H16N2O3S/c1-7(2)9(13(10,11)12)5-4-8(3)6-9/h7H,4-6H2,1-3H3/p+1. The van der Waals surface area contributed by atoms with E-state index in [0.29, 0.717) is 19.8 Å². The largest absolute Gasteiger partial charge is 0.434 e. The van der Waals surface area contributed by atoms with Crippen molar-refractivity contribution < 1.29 is 16.9 Å². The van der Waals surface area contributed by atoms with Crippen molar-refractivity contribution in [2.24, 2.45) is 0 Å². The Morgan fingerprint density at radius 1 is 1.46 bits per heavy atom. The van der Waals surface area contributed by atoms with Gasteiger partial charge in [-0.05, 0) is 20.9 Å². The first-order chi connectivity index (χ1) is 5.79. The molecule has 1 heterocycles. The molecule has 1 atom stereocenters. The van der Waals surface area contributed by atoms with Crippen molar-refractivity contribution in [2.45, 2.75) is 19.9 Å². The summed E-state index contributed by atoms with van der Waals surface area (Å²) < 4.78 is 31.4. The van der Waals surface area contributed by atoms with Crippen molar-refractivity contribution in [3.63, 3.8) is 0 Å². The molecule has 1 fully saturated rings. The summed E-state index contributed by atoms with van der Waals surface area (Å²) in [5.41, 5.74) is 0. The summed E-state index contributed by atoms with van der Waals surface area (Å²) in [5.74, 6) is 0. The van der Waals surface area contributed by atoms with E-state index in [0.717, 1.165) is 0 Å². The average Bonchev–Trinajstić information content (AvgIpc) is 2.30. The number of quaternary nitrogens is 1. The fourth-order valence-corrected chi connectivity index (χ4v) is 2.95. The first kappa shape index (κ1) is 10.9. The smallest absolute Gasteiger partial charge is 0.253 e. The summed E-state index contributed by atoms with van der Waals surface area (Å²) >= 11 is 0. The molecule has 0 aromatic rings. The fraction of sp³-hybridized carbons (Fsp3) is 1.00. The van der Waals surface area contributed by atoms with Crippen LogP contribution in [-0.4, -0.2) is 54.6 Å². The Hall–Kier alpha value is -0.170. The van der Waals surface area contributed by atoms with Crippen LogP contribution in [0.4, 0.5) is 0 Å². The second-order valence-electron chi connectivity index (χ2n) is 3.94. The minimum Gasteiger partial charge on any atom is -0.253 e. The van der Waals surface area contributed by atoms with Crippen molar-refractivity contribution in [2.75, 3.05) is 26.8 Å². The highest BCUT2D eigenvalue weighted by atomic mass is 32.2. The van der Waals surface area contributed by atoms with Gasteiger partial charge in [-0.15, -0.1) is 8.42 Å². The lowest BCUT2D eigenvalue weighted by molar-refractivity contribution is -0.824. The number of hydrogen-bond acceptors (Lipinski definition) is 3. The second-order valence-corrected chi connectivity index (χ2v) is 5.56. The molecule has 1 N–H and O–H groups in total. The van der Waals surface area contributed by atoms with Crippen LogP contribution in [0.1, 0.15) is 13.8 Å². The zero-order valence-electron chi connectivity index (χ0n) is 8.27. The summed E-state index contributed by atoms with van der Waals surface area (Å²) in [6, 6.07) is -0.111. The van der Waals surface area contributed by atoms with Gasteiger partial charge in [-0.1, -0.05) is 0 Å². The maximum Gasteiger partial charge on any atom is 0.434 e. The molecule has 0 saturated carbocycles. The monoisotopic (exact) mass is 209 g/mol. The van der Waals surface area contributed by atoms with Gasteiger partial charge >= 0.3 is 10.3 Å². The molecule has 1 rings (SSSR count). The highest BCUT2D eigenvalue weighted by Gasteiger charge is 2.48. The van der Waals surface area contributed by atoms with Crippen LogP contribution in [0.3, 0.4) is 0 Å².